The van der Waals surface area contributed by atoms with E-state index in [1.54, 1.807) is 0 Å². The van der Waals surface area contributed by atoms with Gasteiger partial charge in [0.05, 0.1) is 0 Å². The van der Waals surface area contributed by atoms with E-state index < -0.39 is 0 Å². The van der Waals surface area contributed by atoms with Crippen molar-refractivity contribution in [3.63, 3.8) is 0 Å². The number of nitrogens with one attached hydrogen (secondary N) is 1. The SMILES string of the molecule is C=C/C(=C1/NCCCC1=C)C(C)C. The van der Waals surface area contributed by atoms with E-state index in [1.165, 1.54) is 23.3 Å². The molecule has 1 rings (SSSR count). The van der Waals surface area contributed by atoms with Gasteiger partial charge in [-0.2, -0.15) is 0 Å². The Kier molecular flexibility index (Phi) is 3.35. The fourth-order valence-electron chi connectivity index (χ4n) is 1.70. The molecule has 0 bridgehead atoms. The van der Waals surface area contributed by atoms with Crippen molar-refractivity contribution < 1.29 is 0 Å². The summed E-state index contributed by atoms with van der Waals surface area (Å²) in [6, 6.07) is 0. The monoisotopic (exact) mass is 177 g/mol. The van der Waals surface area contributed by atoms with E-state index in [2.05, 4.69) is 32.3 Å². The van der Waals surface area contributed by atoms with Crippen LogP contribution in [0.3, 0.4) is 0 Å². The van der Waals surface area contributed by atoms with Gasteiger partial charge in [-0.15, -0.1) is 0 Å². The van der Waals surface area contributed by atoms with Crippen LogP contribution in [-0.2, 0) is 0 Å². The van der Waals surface area contributed by atoms with Crippen molar-refractivity contribution in [1.82, 2.24) is 5.32 Å². The summed E-state index contributed by atoms with van der Waals surface area (Å²) < 4.78 is 0. The first kappa shape index (κ1) is 10.1. The Morgan fingerprint density at radius 1 is 1.54 bits per heavy atom. The maximum atomic E-state index is 4.08. The van der Waals surface area contributed by atoms with Crippen molar-refractivity contribution in [2.75, 3.05) is 6.54 Å². The van der Waals surface area contributed by atoms with Crippen LogP contribution in [-0.4, -0.2) is 6.54 Å². The molecule has 1 heteroatoms. The van der Waals surface area contributed by atoms with Gasteiger partial charge < -0.3 is 5.32 Å². The lowest BCUT2D eigenvalue weighted by Gasteiger charge is -2.23. The Labute approximate surface area is 81.2 Å². The summed E-state index contributed by atoms with van der Waals surface area (Å²) >= 11 is 0. The maximum absolute atomic E-state index is 4.08. The van der Waals surface area contributed by atoms with Gasteiger partial charge in [-0.25, -0.2) is 0 Å². The third kappa shape index (κ3) is 2.24. The molecular weight excluding hydrogens is 158 g/mol. The zero-order chi connectivity index (χ0) is 9.84. The molecule has 0 aromatic carbocycles. The van der Waals surface area contributed by atoms with Gasteiger partial charge in [0.15, 0.2) is 0 Å². The Morgan fingerprint density at radius 2 is 2.23 bits per heavy atom. The highest BCUT2D eigenvalue weighted by Gasteiger charge is 2.13. The summed E-state index contributed by atoms with van der Waals surface area (Å²) in [6.07, 6.45) is 4.26. The van der Waals surface area contributed by atoms with E-state index >= 15 is 0 Å². The smallest absolute Gasteiger partial charge is 0.0401 e. The fourth-order valence-corrected chi connectivity index (χ4v) is 1.70. The number of hydrogen-bond acceptors (Lipinski definition) is 1. The minimum absolute atomic E-state index is 0.523. The summed E-state index contributed by atoms with van der Waals surface area (Å²) in [7, 11) is 0. The molecular formula is C12H19N. The molecule has 0 spiro atoms. The number of allylic oxidation sites excluding steroid dienone is 3. The molecule has 0 aliphatic carbocycles. The standard InChI is InChI=1S/C12H19N/c1-5-11(9(2)3)12-10(4)7-6-8-13-12/h5,9,13H,1,4,6-8H2,2-3H3/b12-11-. The molecule has 1 N–H and O–H groups in total. The highest BCUT2D eigenvalue weighted by atomic mass is 14.9. The molecule has 0 aromatic rings. The van der Waals surface area contributed by atoms with Gasteiger partial charge >= 0.3 is 0 Å². The molecule has 1 nitrogen and oxygen atoms in total. The summed E-state index contributed by atoms with van der Waals surface area (Å²) in [6.45, 7) is 13.4. The van der Waals surface area contributed by atoms with Crippen molar-refractivity contribution in [1.29, 1.82) is 0 Å². The van der Waals surface area contributed by atoms with Gasteiger partial charge in [0.1, 0.15) is 0 Å². The molecule has 1 aliphatic heterocycles. The Bertz CT molecular complexity index is 246. The maximum Gasteiger partial charge on any atom is 0.0401 e. The third-order valence-corrected chi connectivity index (χ3v) is 2.44. The van der Waals surface area contributed by atoms with Crippen LogP contribution in [0.4, 0.5) is 0 Å². The molecule has 72 valence electrons. The number of piperidine rings is 1. The Balaban J connectivity index is 2.96. The molecule has 1 heterocycles. The van der Waals surface area contributed by atoms with Gasteiger partial charge in [-0.1, -0.05) is 33.1 Å². The van der Waals surface area contributed by atoms with Gasteiger partial charge in [0.2, 0.25) is 0 Å². The van der Waals surface area contributed by atoms with E-state index in [4.69, 9.17) is 0 Å². The van der Waals surface area contributed by atoms with Crippen LogP contribution in [0.25, 0.3) is 0 Å². The van der Waals surface area contributed by atoms with Crippen LogP contribution in [0.15, 0.2) is 36.1 Å². The minimum Gasteiger partial charge on any atom is -0.385 e. The van der Waals surface area contributed by atoms with Crippen LogP contribution in [0.2, 0.25) is 0 Å². The lowest BCUT2D eigenvalue weighted by Crippen LogP contribution is -2.24. The molecule has 1 saturated heterocycles. The molecule has 0 aromatic heterocycles. The van der Waals surface area contributed by atoms with Crippen molar-refractivity contribution in [3.8, 4) is 0 Å². The van der Waals surface area contributed by atoms with Crippen LogP contribution in [0.5, 0.6) is 0 Å². The predicted octanol–water partition coefficient (Wildman–Crippen LogP) is 3.02. The molecule has 0 unspecified atom stereocenters. The summed E-state index contributed by atoms with van der Waals surface area (Å²) in [4.78, 5) is 0. The molecule has 13 heavy (non-hydrogen) atoms. The van der Waals surface area contributed by atoms with Gasteiger partial charge in [-0.3, -0.25) is 0 Å². The second-order valence-corrected chi connectivity index (χ2v) is 3.82. The van der Waals surface area contributed by atoms with Gasteiger partial charge in [-0.05, 0) is 29.9 Å². The molecule has 1 fully saturated rings. The summed E-state index contributed by atoms with van der Waals surface area (Å²) in [5, 5.41) is 3.41. The fraction of sp³-hybridized carbons (Fsp3) is 0.500. The highest BCUT2D eigenvalue weighted by molar-refractivity contribution is 5.39. The molecule has 0 radical (unpaired) electrons. The Hall–Kier alpha value is -0.980. The first-order chi connectivity index (χ1) is 6.16. The number of hydrogen-bond donors (Lipinski definition) is 1. The highest BCUT2D eigenvalue weighted by Crippen LogP contribution is 2.24. The zero-order valence-electron chi connectivity index (χ0n) is 8.69. The van der Waals surface area contributed by atoms with E-state index in [0.717, 1.165) is 13.0 Å². The first-order valence-corrected chi connectivity index (χ1v) is 4.95. The van der Waals surface area contributed by atoms with Crippen molar-refractivity contribution in [2.24, 2.45) is 5.92 Å². The average Bonchev–Trinajstić information content (AvgIpc) is 2.09. The summed E-state index contributed by atoms with van der Waals surface area (Å²) in [5.74, 6) is 0.523. The van der Waals surface area contributed by atoms with Crippen molar-refractivity contribution in [2.45, 2.75) is 26.7 Å². The van der Waals surface area contributed by atoms with Crippen molar-refractivity contribution in [3.05, 3.63) is 36.1 Å². The van der Waals surface area contributed by atoms with Crippen LogP contribution in [0.1, 0.15) is 26.7 Å². The van der Waals surface area contributed by atoms with Crippen molar-refractivity contribution >= 4 is 0 Å². The lowest BCUT2D eigenvalue weighted by atomic mass is 9.94. The molecule has 0 saturated carbocycles. The topological polar surface area (TPSA) is 12.0 Å². The zero-order valence-corrected chi connectivity index (χ0v) is 8.69. The van der Waals surface area contributed by atoms with Gasteiger partial charge in [0.25, 0.3) is 0 Å². The van der Waals surface area contributed by atoms with E-state index in [-0.39, 0.29) is 0 Å². The van der Waals surface area contributed by atoms with Crippen LogP contribution >= 0.6 is 0 Å². The lowest BCUT2D eigenvalue weighted by molar-refractivity contribution is 0.647. The quantitative estimate of drug-likeness (QED) is 0.683. The van der Waals surface area contributed by atoms with Crippen LogP contribution in [0, 0.1) is 5.92 Å². The normalized spacial score (nSPS) is 21.3. The summed E-state index contributed by atoms with van der Waals surface area (Å²) in [5.41, 5.74) is 3.76. The molecule has 0 amide bonds. The van der Waals surface area contributed by atoms with Crippen LogP contribution < -0.4 is 5.32 Å². The van der Waals surface area contributed by atoms with Gasteiger partial charge in [0, 0.05) is 12.2 Å². The van der Waals surface area contributed by atoms with E-state index in [0.29, 0.717) is 5.92 Å². The molecule has 0 atom stereocenters. The third-order valence-electron chi connectivity index (χ3n) is 2.44. The second-order valence-electron chi connectivity index (χ2n) is 3.82. The van der Waals surface area contributed by atoms with E-state index in [1.807, 2.05) is 6.08 Å². The minimum atomic E-state index is 0.523. The first-order valence-electron chi connectivity index (χ1n) is 4.95. The Morgan fingerprint density at radius 3 is 2.69 bits per heavy atom. The average molecular weight is 177 g/mol. The van der Waals surface area contributed by atoms with E-state index in [9.17, 15) is 0 Å². The molecule has 1 aliphatic rings. The predicted molar refractivity (Wildman–Crippen MR) is 58.4 cm³/mol. The number of rotatable bonds is 2. The second kappa shape index (κ2) is 4.31. The largest absolute Gasteiger partial charge is 0.385 e.